The summed E-state index contributed by atoms with van der Waals surface area (Å²) in [6.45, 7) is 8.01. The first-order valence-corrected chi connectivity index (χ1v) is 7.11. The van der Waals surface area contributed by atoms with E-state index in [1.54, 1.807) is 6.92 Å². The first-order chi connectivity index (χ1) is 8.50. The molecule has 2 N–H and O–H groups in total. The Morgan fingerprint density at radius 1 is 1.33 bits per heavy atom. The Kier molecular flexibility index (Phi) is 6.68. The van der Waals surface area contributed by atoms with E-state index in [9.17, 15) is 0 Å². The molecule has 1 rings (SSSR count). The van der Waals surface area contributed by atoms with Crippen LogP contribution in [0.25, 0.3) is 0 Å². The van der Waals surface area contributed by atoms with Crippen molar-refractivity contribution in [1.29, 1.82) is 0 Å². The van der Waals surface area contributed by atoms with Gasteiger partial charge in [-0.3, -0.25) is 0 Å². The molecular weight excluding hydrogens is 294 g/mol. The van der Waals surface area contributed by atoms with Crippen LogP contribution >= 0.6 is 15.9 Å². The second-order valence-electron chi connectivity index (χ2n) is 4.74. The van der Waals surface area contributed by atoms with E-state index in [4.69, 9.17) is 9.84 Å². The fourth-order valence-corrected chi connectivity index (χ4v) is 2.02. The summed E-state index contributed by atoms with van der Waals surface area (Å²) in [4.78, 5) is 0. The van der Waals surface area contributed by atoms with Gasteiger partial charge in [-0.1, -0.05) is 29.8 Å². The molecule has 0 amide bonds. The van der Waals surface area contributed by atoms with Gasteiger partial charge in [-0.15, -0.1) is 0 Å². The van der Waals surface area contributed by atoms with Gasteiger partial charge in [0.15, 0.2) is 0 Å². The summed E-state index contributed by atoms with van der Waals surface area (Å²) >= 11 is 3.48. The Morgan fingerprint density at radius 3 is 2.67 bits per heavy atom. The van der Waals surface area contributed by atoms with Crippen molar-refractivity contribution < 1.29 is 9.84 Å². The van der Waals surface area contributed by atoms with Crippen LogP contribution in [0.5, 0.6) is 5.75 Å². The van der Waals surface area contributed by atoms with Crippen LogP contribution in [0.1, 0.15) is 32.3 Å². The van der Waals surface area contributed by atoms with E-state index in [1.165, 1.54) is 5.56 Å². The van der Waals surface area contributed by atoms with Gasteiger partial charge in [-0.25, -0.2) is 0 Å². The number of benzene rings is 1. The molecule has 4 heteroatoms. The van der Waals surface area contributed by atoms with Crippen molar-refractivity contribution in [2.45, 2.75) is 32.8 Å². The molecule has 0 unspecified atom stereocenters. The molecule has 0 spiro atoms. The zero-order valence-electron chi connectivity index (χ0n) is 11.2. The molecule has 0 aliphatic rings. The number of aliphatic hydroxyl groups excluding tert-OH is 1. The summed E-state index contributed by atoms with van der Waals surface area (Å²) in [5.41, 5.74) is 1.21. The van der Waals surface area contributed by atoms with Gasteiger partial charge < -0.3 is 15.2 Å². The van der Waals surface area contributed by atoms with Crippen LogP contribution in [0, 0.1) is 0 Å². The molecule has 0 aliphatic carbocycles. The fraction of sp³-hybridized carbons (Fsp3) is 0.571. The summed E-state index contributed by atoms with van der Waals surface area (Å²) in [7, 11) is 0. The number of hydrogen-bond acceptors (Lipinski definition) is 3. The largest absolute Gasteiger partial charge is 0.492 e. The van der Waals surface area contributed by atoms with E-state index in [0.29, 0.717) is 19.1 Å². The van der Waals surface area contributed by atoms with Crippen LogP contribution in [0.2, 0.25) is 0 Å². The van der Waals surface area contributed by atoms with Gasteiger partial charge in [-0.05, 0) is 36.6 Å². The summed E-state index contributed by atoms with van der Waals surface area (Å²) in [6, 6.07) is 6.09. The molecule has 0 saturated heterocycles. The minimum Gasteiger partial charge on any atom is -0.492 e. The zero-order chi connectivity index (χ0) is 13.5. The molecule has 18 heavy (non-hydrogen) atoms. The molecule has 0 bridgehead atoms. The summed E-state index contributed by atoms with van der Waals surface area (Å²) in [5, 5.41) is 12.2. The van der Waals surface area contributed by atoms with E-state index >= 15 is 0 Å². The van der Waals surface area contributed by atoms with Crippen molar-refractivity contribution >= 4 is 15.9 Å². The molecule has 102 valence electrons. The highest BCUT2D eigenvalue weighted by Gasteiger charge is 2.08. The highest BCUT2D eigenvalue weighted by atomic mass is 79.9. The van der Waals surface area contributed by atoms with E-state index in [1.807, 2.05) is 12.1 Å². The van der Waals surface area contributed by atoms with Gasteiger partial charge in [0.25, 0.3) is 0 Å². The predicted molar refractivity (Wildman–Crippen MR) is 78.3 cm³/mol. The topological polar surface area (TPSA) is 41.5 Å². The van der Waals surface area contributed by atoms with Gasteiger partial charge in [0, 0.05) is 17.6 Å². The Bertz CT molecular complexity index is 367. The maximum Gasteiger partial charge on any atom is 0.122 e. The maximum absolute atomic E-state index is 9.11. The highest BCUT2D eigenvalue weighted by molar-refractivity contribution is 9.10. The monoisotopic (exact) mass is 315 g/mol. The van der Waals surface area contributed by atoms with Crippen molar-refractivity contribution in [1.82, 2.24) is 5.32 Å². The third kappa shape index (κ3) is 5.38. The quantitative estimate of drug-likeness (QED) is 0.760. The Balaban J connectivity index is 2.46. The molecule has 0 aromatic heterocycles. The lowest BCUT2D eigenvalue weighted by Crippen LogP contribution is -2.28. The first-order valence-electron chi connectivity index (χ1n) is 6.31. The third-order valence-corrected chi connectivity index (χ3v) is 3.06. The summed E-state index contributed by atoms with van der Waals surface area (Å²) in [6.07, 6.45) is -0.316. The Labute approximate surface area is 118 Å². The lowest BCUT2D eigenvalue weighted by Gasteiger charge is -2.15. The minimum atomic E-state index is -0.316. The van der Waals surface area contributed by atoms with Crippen LogP contribution in [-0.4, -0.2) is 30.9 Å². The van der Waals surface area contributed by atoms with Gasteiger partial charge in [-0.2, -0.15) is 0 Å². The van der Waals surface area contributed by atoms with Gasteiger partial charge >= 0.3 is 0 Å². The van der Waals surface area contributed by atoms with Gasteiger partial charge in [0.2, 0.25) is 0 Å². The Morgan fingerprint density at radius 2 is 2.06 bits per heavy atom. The molecule has 0 aliphatic heterocycles. The van der Waals surface area contributed by atoms with Gasteiger partial charge in [0.05, 0.1) is 6.10 Å². The average Bonchev–Trinajstić information content (AvgIpc) is 2.29. The van der Waals surface area contributed by atoms with Gasteiger partial charge in [0.1, 0.15) is 12.4 Å². The number of halogens is 1. The standard InChI is InChI=1S/C14H22BrNO2/c1-10(2)13-8-12(15)4-5-14(13)18-7-6-16-9-11(3)17/h4-5,8,10-11,16-17H,6-7,9H2,1-3H3/t11-/m1/s1. The van der Waals surface area contributed by atoms with Crippen molar-refractivity contribution in [3.8, 4) is 5.75 Å². The molecule has 0 radical (unpaired) electrons. The average molecular weight is 316 g/mol. The first kappa shape index (κ1) is 15.5. The lowest BCUT2D eigenvalue weighted by molar-refractivity contribution is 0.188. The number of nitrogens with one attached hydrogen (secondary N) is 1. The molecule has 1 aromatic rings. The van der Waals surface area contributed by atoms with Crippen molar-refractivity contribution in [2.24, 2.45) is 0 Å². The van der Waals surface area contributed by atoms with Crippen molar-refractivity contribution in [3.63, 3.8) is 0 Å². The van der Waals surface area contributed by atoms with E-state index in [-0.39, 0.29) is 6.10 Å². The summed E-state index contributed by atoms with van der Waals surface area (Å²) in [5.74, 6) is 1.37. The second-order valence-corrected chi connectivity index (χ2v) is 5.65. The number of rotatable bonds is 7. The van der Waals surface area contributed by atoms with Crippen molar-refractivity contribution in [3.05, 3.63) is 28.2 Å². The molecule has 0 heterocycles. The summed E-state index contributed by atoms with van der Waals surface area (Å²) < 4.78 is 6.85. The molecular formula is C14H22BrNO2. The number of hydrogen-bond donors (Lipinski definition) is 2. The van der Waals surface area contributed by atoms with Crippen LogP contribution in [0.4, 0.5) is 0 Å². The van der Waals surface area contributed by atoms with Crippen molar-refractivity contribution in [2.75, 3.05) is 19.7 Å². The normalized spacial score (nSPS) is 12.8. The van der Waals surface area contributed by atoms with E-state index in [0.717, 1.165) is 16.8 Å². The smallest absolute Gasteiger partial charge is 0.122 e. The zero-order valence-corrected chi connectivity index (χ0v) is 12.8. The Hall–Kier alpha value is -0.580. The highest BCUT2D eigenvalue weighted by Crippen LogP contribution is 2.29. The van der Waals surface area contributed by atoms with E-state index in [2.05, 4.69) is 41.2 Å². The molecule has 3 nitrogen and oxygen atoms in total. The van der Waals surface area contributed by atoms with Crippen LogP contribution in [0.15, 0.2) is 22.7 Å². The van der Waals surface area contributed by atoms with Crippen LogP contribution in [0.3, 0.4) is 0 Å². The minimum absolute atomic E-state index is 0.316. The molecule has 1 aromatic carbocycles. The maximum atomic E-state index is 9.11. The lowest BCUT2D eigenvalue weighted by atomic mass is 10.0. The SMILES string of the molecule is CC(C)c1cc(Br)ccc1OCCNC[C@@H](C)O. The second kappa shape index (κ2) is 7.77. The molecule has 0 fully saturated rings. The number of ether oxygens (including phenoxy) is 1. The third-order valence-electron chi connectivity index (χ3n) is 2.57. The predicted octanol–water partition coefficient (Wildman–Crippen LogP) is 2.92. The van der Waals surface area contributed by atoms with Crippen LogP contribution in [-0.2, 0) is 0 Å². The molecule has 1 atom stereocenters. The molecule has 0 saturated carbocycles. The fourth-order valence-electron chi connectivity index (χ4n) is 1.65. The van der Waals surface area contributed by atoms with Crippen LogP contribution < -0.4 is 10.1 Å². The number of aliphatic hydroxyl groups is 1. The van der Waals surface area contributed by atoms with E-state index < -0.39 is 0 Å².